The van der Waals surface area contributed by atoms with E-state index < -0.39 is 23.7 Å². The molecule has 182 valence electrons. The van der Waals surface area contributed by atoms with Gasteiger partial charge in [0.2, 0.25) is 5.91 Å². The van der Waals surface area contributed by atoms with Crippen molar-refractivity contribution in [3.8, 4) is 0 Å². The highest BCUT2D eigenvalue weighted by atomic mass is 35.5. The van der Waals surface area contributed by atoms with E-state index in [2.05, 4.69) is 10.6 Å². The summed E-state index contributed by atoms with van der Waals surface area (Å²) in [6, 6.07) is 3.85. The lowest BCUT2D eigenvalue weighted by atomic mass is 10.1. The van der Waals surface area contributed by atoms with Crippen LogP contribution in [0.25, 0.3) is 0 Å². The molecule has 2 rings (SSSR count). The Labute approximate surface area is 203 Å². The second-order valence-corrected chi connectivity index (χ2v) is 9.77. The molecule has 0 unspecified atom stereocenters. The van der Waals surface area contributed by atoms with Crippen LogP contribution in [-0.4, -0.2) is 49.1 Å². The summed E-state index contributed by atoms with van der Waals surface area (Å²) < 4.78 is 9.91. The van der Waals surface area contributed by atoms with Gasteiger partial charge in [-0.05, 0) is 64.7 Å². The summed E-state index contributed by atoms with van der Waals surface area (Å²) in [4.78, 5) is 48.7. The molecule has 0 spiro atoms. The van der Waals surface area contributed by atoms with Gasteiger partial charge in [0.25, 0.3) is 0 Å². The molecular formula is C23H30Cl2N2O6. The van der Waals surface area contributed by atoms with E-state index in [1.807, 2.05) is 0 Å². The Kier molecular flexibility index (Phi) is 9.55. The molecule has 2 amide bonds. The Bertz CT molecular complexity index is 899. The van der Waals surface area contributed by atoms with E-state index in [-0.39, 0.29) is 23.5 Å². The van der Waals surface area contributed by atoms with Gasteiger partial charge < -0.3 is 20.1 Å². The second kappa shape index (κ2) is 11.7. The minimum Gasteiger partial charge on any atom is -0.467 e. The molecule has 0 radical (unpaired) electrons. The van der Waals surface area contributed by atoms with Crippen LogP contribution in [0.4, 0.5) is 4.79 Å². The molecular weight excluding hydrogens is 471 g/mol. The highest BCUT2D eigenvalue weighted by Gasteiger charge is 2.47. The number of hydrogen-bond donors (Lipinski definition) is 2. The third-order valence-corrected chi connectivity index (χ3v) is 5.80. The van der Waals surface area contributed by atoms with Crippen LogP contribution in [0.2, 0.25) is 10.0 Å². The van der Waals surface area contributed by atoms with Gasteiger partial charge in [-0.15, -0.1) is 0 Å². The quantitative estimate of drug-likeness (QED) is 0.283. The van der Waals surface area contributed by atoms with E-state index in [0.29, 0.717) is 47.8 Å². The van der Waals surface area contributed by atoms with E-state index in [0.717, 1.165) is 0 Å². The van der Waals surface area contributed by atoms with Crippen LogP contribution in [-0.2, 0) is 19.1 Å². The van der Waals surface area contributed by atoms with Crippen molar-refractivity contribution >= 4 is 47.0 Å². The minimum atomic E-state index is -0.836. The predicted molar refractivity (Wildman–Crippen MR) is 124 cm³/mol. The number of benzene rings is 1. The second-order valence-electron chi connectivity index (χ2n) is 8.95. The SMILES string of the molecule is COC(=O)[C@H](CCCCNC(=O)[C@H]1C[C@@H]1C(=O)c1ccc(Cl)c(Cl)c1)NC(=O)OC(C)(C)C. The van der Waals surface area contributed by atoms with Gasteiger partial charge >= 0.3 is 12.1 Å². The lowest BCUT2D eigenvalue weighted by Crippen LogP contribution is -2.44. The van der Waals surface area contributed by atoms with Crippen LogP contribution in [0.1, 0.15) is 56.8 Å². The molecule has 1 aliphatic carbocycles. The zero-order valence-electron chi connectivity index (χ0n) is 19.2. The number of methoxy groups -OCH3 is 1. The van der Waals surface area contributed by atoms with Gasteiger partial charge in [0, 0.05) is 23.9 Å². The molecule has 1 saturated carbocycles. The van der Waals surface area contributed by atoms with E-state index in [1.54, 1.807) is 32.9 Å². The number of alkyl carbamates (subject to hydrolysis) is 1. The number of ketones is 1. The van der Waals surface area contributed by atoms with Gasteiger partial charge in [-0.2, -0.15) is 0 Å². The Morgan fingerprint density at radius 2 is 1.79 bits per heavy atom. The van der Waals surface area contributed by atoms with E-state index in [1.165, 1.54) is 13.2 Å². The number of Topliss-reactive ketones (excluding diaryl/α,β-unsaturated/α-hetero) is 1. The van der Waals surface area contributed by atoms with Crippen LogP contribution >= 0.6 is 23.2 Å². The molecule has 33 heavy (non-hydrogen) atoms. The summed E-state index contributed by atoms with van der Waals surface area (Å²) in [7, 11) is 1.25. The van der Waals surface area contributed by atoms with Crippen LogP contribution < -0.4 is 10.6 Å². The number of hydrogen-bond acceptors (Lipinski definition) is 6. The predicted octanol–water partition coefficient (Wildman–Crippen LogP) is 4.17. The molecule has 1 aromatic rings. The van der Waals surface area contributed by atoms with Gasteiger partial charge in [0.15, 0.2) is 5.78 Å². The lowest BCUT2D eigenvalue weighted by molar-refractivity contribution is -0.143. The Morgan fingerprint density at radius 3 is 2.39 bits per heavy atom. The summed E-state index contributed by atoms with van der Waals surface area (Å²) in [5, 5.41) is 6.01. The maximum absolute atomic E-state index is 12.5. The first-order valence-corrected chi connectivity index (χ1v) is 11.5. The van der Waals surface area contributed by atoms with Gasteiger partial charge in [-0.1, -0.05) is 23.2 Å². The van der Waals surface area contributed by atoms with Gasteiger partial charge in [0.1, 0.15) is 11.6 Å². The Balaban J connectivity index is 1.72. The fourth-order valence-corrected chi connectivity index (χ4v) is 3.59. The van der Waals surface area contributed by atoms with Crippen molar-refractivity contribution in [3.63, 3.8) is 0 Å². The fourth-order valence-electron chi connectivity index (χ4n) is 3.30. The van der Waals surface area contributed by atoms with Crippen molar-refractivity contribution in [2.75, 3.05) is 13.7 Å². The summed E-state index contributed by atoms with van der Waals surface area (Å²) in [5.74, 6) is -1.58. The van der Waals surface area contributed by atoms with Crippen LogP contribution in [0.5, 0.6) is 0 Å². The molecule has 3 atom stereocenters. The van der Waals surface area contributed by atoms with Gasteiger partial charge in [-0.25, -0.2) is 9.59 Å². The zero-order valence-corrected chi connectivity index (χ0v) is 20.7. The van der Waals surface area contributed by atoms with E-state index in [9.17, 15) is 19.2 Å². The largest absolute Gasteiger partial charge is 0.467 e. The number of nitrogens with one attached hydrogen (secondary N) is 2. The molecule has 0 aliphatic heterocycles. The third-order valence-electron chi connectivity index (χ3n) is 5.06. The van der Waals surface area contributed by atoms with E-state index in [4.69, 9.17) is 32.7 Å². The first-order chi connectivity index (χ1) is 15.4. The summed E-state index contributed by atoms with van der Waals surface area (Å²) in [5.41, 5.74) is -0.243. The molecule has 1 aliphatic rings. The number of amides is 2. The maximum atomic E-state index is 12.5. The van der Waals surface area contributed by atoms with Crippen molar-refractivity contribution in [2.45, 2.75) is 58.1 Å². The number of carbonyl (C=O) groups excluding carboxylic acids is 4. The van der Waals surface area contributed by atoms with Gasteiger partial charge in [-0.3, -0.25) is 9.59 Å². The minimum absolute atomic E-state index is 0.122. The van der Waals surface area contributed by atoms with Crippen molar-refractivity contribution in [2.24, 2.45) is 11.8 Å². The van der Waals surface area contributed by atoms with Crippen molar-refractivity contribution in [1.82, 2.24) is 10.6 Å². The lowest BCUT2D eigenvalue weighted by Gasteiger charge is -2.22. The average Bonchev–Trinajstić information content (AvgIpc) is 3.53. The summed E-state index contributed by atoms with van der Waals surface area (Å²) in [6.45, 7) is 5.57. The number of carbonyl (C=O) groups is 4. The smallest absolute Gasteiger partial charge is 0.408 e. The Hall–Kier alpha value is -2.32. The molecule has 8 nitrogen and oxygen atoms in total. The zero-order chi connectivity index (χ0) is 24.8. The standard InChI is InChI=1S/C23H30Cl2N2O6/c1-23(2,3)33-22(31)27-18(21(30)32-4)7-5-6-10-26-20(29)15-12-14(15)19(28)13-8-9-16(24)17(25)11-13/h8-9,11,14-15,18H,5-7,10,12H2,1-4H3,(H,26,29)(H,27,31)/t14-,15-,18-/m0/s1. The first kappa shape index (κ1) is 26.9. The van der Waals surface area contributed by atoms with Crippen molar-refractivity contribution < 1.29 is 28.7 Å². The highest BCUT2D eigenvalue weighted by Crippen LogP contribution is 2.41. The molecule has 0 heterocycles. The molecule has 2 N–H and O–H groups in total. The summed E-state index contributed by atoms with van der Waals surface area (Å²) >= 11 is 11.8. The monoisotopic (exact) mass is 500 g/mol. The fraction of sp³-hybridized carbons (Fsp3) is 0.565. The third kappa shape index (κ3) is 8.51. The molecule has 0 aromatic heterocycles. The van der Waals surface area contributed by atoms with E-state index >= 15 is 0 Å². The molecule has 1 fully saturated rings. The molecule has 0 saturated heterocycles. The number of esters is 1. The van der Waals surface area contributed by atoms with Crippen LogP contribution in [0.3, 0.4) is 0 Å². The Morgan fingerprint density at radius 1 is 1.09 bits per heavy atom. The van der Waals surface area contributed by atoms with Crippen molar-refractivity contribution in [3.05, 3.63) is 33.8 Å². The number of unbranched alkanes of at least 4 members (excludes halogenated alkanes) is 1. The first-order valence-electron chi connectivity index (χ1n) is 10.8. The molecule has 1 aromatic carbocycles. The molecule has 10 heteroatoms. The molecule has 0 bridgehead atoms. The number of ether oxygens (including phenoxy) is 2. The number of rotatable bonds is 10. The van der Waals surface area contributed by atoms with Crippen LogP contribution in [0.15, 0.2) is 18.2 Å². The maximum Gasteiger partial charge on any atom is 0.408 e. The highest BCUT2D eigenvalue weighted by molar-refractivity contribution is 6.42. The van der Waals surface area contributed by atoms with Crippen molar-refractivity contribution in [1.29, 1.82) is 0 Å². The summed E-state index contributed by atoms with van der Waals surface area (Å²) in [6.07, 6.45) is 1.29. The average molecular weight is 501 g/mol. The van der Waals surface area contributed by atoms with Crippen LogP contribution in [0, 0.1) is 11.8 Å². The normalized spacial score (nSPS) is 18.1. The van der Waals surface area contributed by atoms with Gasteiger partial charge in [0.05, 0.1) is 17.2 Å². The number of halogens is 2. The topological polar surface area (TPSA) is 111 Å².